The summed E-state index contributed by atoms with van der Waals surface area (Å²) in [5, 5.41) is 22.2. The zero-order valence-corrected chi connectivity index (χ0v) is 16.0. The van der Waals surface area contributed by atoms with E-state index in [2.05, 4.69) is 25.9 Å². The molecular formula is C20H23N7O2. The number of nitro benzene ring substituents is 1. The number of benzene rings is 2. The fraction of sp³-hybridized carbons (Fsp3) is 0.300. The van der Waals surface area contributed by atoms with Crippen LogP contribution in [0.1, 0.15) is 0 Å². The van der Waals surface area contributed by atoms with Crippen molar-refractivity contribution in [1.82, 2.24) is 15.3 Å². The second kappa shape index (κ2) is 8.70. The normalized spacial score (nSPS) is 14.0. The van der Waals surface area contributed by atoms with E-state index >= 15 is 0 Å². The van der Waals surface area contributed by atoms with Crippen LogP contribution in [0.5, 0.6) is 0 Å². The van der Waals surface area contributed by atoms with E-state index in [0.717, 1.165) is 31.9 Å². The van der Waals surface area contributed by atoms with Gasteiger partial charge in [0, 0.05) is 56.4 Å². The lowest BCUT2D eigenvalue weighted by molar-refractivity contribution is -0.384. The molecule has 0 unspecified atom stereocenters. The lowest BCUT2D eigenvalue weighted by Gasteiger charge is -2.29. The van der Waals surface area contributed by atoms with Gasteiger partial charge in [0.25, 0.3) is 5.69 Å². The van der Waals surface area contributed by atoms with Crippen molar-refractivity contribution in [1.29, 1.82) is 0 Å². The summed E-state index contributed by atoms with van der Waals surface area (Å²) in [5.41, 5.74) is 2.43. The molecule has 0 radical (unpaired) electrons. The molecular weight excluding hydrogens is 370 g/mol. The largest absolute Gasteiger partial charge is 0.383 e. The molecule has 1 aliphatic rings. The number of rotatable bonds is 7. The van der Waals surface area contributed by atoms with Crippen molar-refractivity contribution < 1.29 is 4.92 Å². The Bertz CT molecular complexity index is 991. The summed E-state index contributed by atoms with van der Waals surface area (Å²) in [5.74, 6) is 0.597. The highest BCUT2D eigenvalue weighted by Crippen LogP contribution is 2.34. The standard InChI is InChI=1S/C20H23N7O2/c28-27(29)19-12-16-17(13-18(19)26-10-8-21-9-11-26)24-14-25-20(16)23-7-6-22-15-4-2-1-3-5-15/h1-5,12-14,21-22H,6-11H2,(H,23,24,25). The van der Waals surface area contributed by atoms with E-state index < -0.39 is 0 Å². The van der Waals surface area contributed by atoms with Crippen LogP contribution in [0.3, 0.4) is 0 Å². The molecule has 0 amide bonds. The van der Waals surface area contributed by atoms with Crippen LogP contribution in [0.4, 0.5) is 22.9 Å². The van der Waals surface area contributed by atoms with Crippen LogP contribution in [0, 0.1) is 10.1 Å². The molecule has 0 spiro atoms. The van der Waals surface area contributed by atoms with Crippen molar-refractivity contribution in [3.8, 4) is 0 Å². The quantitative estimate of drug-likeness (QED) is 0.319. The molecule has 0 saturated carbocycles. The first kappa shape index (κ1) is 18.9. The zero-order chi connectivity index (χ0) is 20.1. The van der Waals surface area contributed by atoms with Crippen LogP contribution < -0.4 is 20.9 Å². The molecule has 0 aliphatic carbocycles. The topological polar surface area (TPSA) is 108 Å². The number of para-hydroxylation sites is 1. The number of nitro groups is 1. The van der Waals surface area contributed by atoms with Crippen LogP contribution >= 0.6 is 0 Å². The van der Waals surface area contributed by atoms with Gasteiger partial charge in [-0.25, -0.2) is 9.97 Å². The zero-order valence-electron chi connectivity index (χ0n) is 16.0. The van der Waals surface area contributed by atoms with E-state index in [1.165, 1.54) is 6.33 Å². The lowest BCUT2D eigenvalue weighted by atomic mass is 10.1. The van der Waals surface area contributed by atoms with Gasteiger partial charge in [0.05, 0.1) is 10.4 Å². The molecule has 3 aromatic rings. The molecule has 0 bridgehead atoms. The number of piperazine rings is 1. The van der Waals surface area contributed by atoms with Crippen molar-refractivity contribution in [3.63, 3.8) is 0 Å². The van der Waals surface area contributed by atoms with Gasteiger partial charge in [0.15, 0.2) is 0 Å². The molecule has 3 N–H and O–H groups in total. The van der Waals surface area contributed by atoms with E-state index in [0.29, 0.717) is 35.5 Å². The smallest absolute Gasteiger partial charge is 0.293 e. The monoisotopic (exact) mass is 393 g/mol. The van der Waals surface area contributed by atoms with Crippen molar-refractivity contribution in [2.24, 2.45) is 0 Å². The number of hydrogen-bond donors (Lipinski definition) is 3. The highest BCUT2D eigenvalue weighted by Gasteiger charge is 2.23. The number of hydrogen-bond acceptors (Lipinski definition) is 8. The molecule has 2 aromatic carbocycles. The van der Waals surface area contributed by atoms with Gasteiger partial charge in [-0.3, -0.25) is 10.1 Å². The Morgan fingerprint density at radius 2 is 1.83 bits per heavy atom. The lowest BCUT2D eigenvalue weighted by Crippen LogP contribution is -2.43. The van der Waals surface area contributed by atoms with Gasteiger partial charge in [-0.15, -0.1) is 0 Å². The van der Waals surface area contributed by atoms with Gasteiger partial charge in [-0.1, -0.05) is 18.2 Å². The van der Waals surface area contributed by atoms with Crippen molar-refractivity contribution in [3.05, 3.63) is 58.9 Å². The van der Waals surface area contributed by atoms with Gasteiger partial charge in [-0.2, -0.15) is 0 Å². The molecule has 1 fully saturated rings. The fourth-order valence-corrected chi connectivity index (χ4v) is 3.47. The molecule has 1 aromatic heterocycles. The number of anilines is 3. The summed E-state index contributed by atoms with van der Waals surface area (Å²) in [6.07, 6.45) is 1.49. The predicted octanol–water partition coefficient (Wildman–Crippen LogP) is 2.47. The van der Waals surface area contributed by atoms with Crippen LogP contribution in [-0.4, -0.2) is 54.2 Å². The number of nitrogens with one attached hydrogen (secondary N) is 3. The maximum atomic E-state index is 11.7. The van der Waals surface area contributed by atoms with Crippen LogP contribution in [0.25, 0.3) is 10.9 Å². The highest BCUT2D eigenvalue weighted by atomic mass is 16.6. The van der Waals surface area contributed by atoms with Crippen molar-refractivity contribution >= 4 is 33.8 Å². The van der Waals surface area contributed by atoms with E-state index in [4.69, 9.17) is 0 Å². The Kier molecular flexibility index (Phi) is 5.66. The third kappa shape index (κ3) is 4.35. The fourth-order valence-electron chi connectivity index (χ4n) is 3.47. The number of fused-ring (bicyclic) bond motifs is 1. The summed E-state index contributed by atoms with van der Waals surface area (Å²) < 4.78 is 0. The molecule has 29 heavy (non-hydrogen) atoms. The van der Waals surface area contributed by atoms with Crippen LogP contribution in [-0.2, 0) is 0 Å². The minimum absolute atomic E-state index is 0.0830. The van der Waals surface area contributed by atoms with E-state index in [1.54, 1.807) is 12.1 Å². The van der Waals surface area contributed by atoms with Crippen molar-refractivity contribution in [2.45, 2.75) is 0 Å². The summed E-state index contributed by atoms with van der Waals surface area (Å²) in [6, 6.07) is 13.3. The SMILES string of the molecule is O=[N+]([O-])c1cc2c(NCCNc3ccccc3)ncnc2cc1N1CCNCC1. The van der Waals surface area contributed by atoms with E-state index in [9.17, 15) is 10.1 Å². The number of nitrogens with zero attached hydrogens (tertiary/aromatic N) is 4. The third-order valence-electron chi connectivity index (χ3n) is 4.91. The minimum Gasteiger partial charge on any atom is -0.383 e. The average molecular weight is 393 g/mol. The maximum Gasteiger partial charge on any atom is 0.293 e. The van der Waals surface area contributed by atoms with Gasteiger partial charge < -0.3 is 20.9 Å². The molecule has 9 heteroatoms. The predicted molar refractivity (Wildman–Crippen MR) is 115 cm³/mol. The first-order valence-corrected chi connectivity index (χ1v) is 9.64. The van der Waals surface area contributed by atoms with Gasteiger partial charge in [0.2, 0.25) is 0 Å². The summed E-state index contributed by atoms with van der Waals surface area (Å²) in [6.45, 7) is 4.38. The Balaban J connectivity index is 1.55. The van der Waals surface area contributed by atoms with Crippen LogP contribution in [0.15, 0.2) is 48.8 Å². The Hall–Kier alpha value is -3.46. The average Bonchev–Trinajstić information content (AvgIpc) is 2.77. The molecule has 4 rings (SSSR count). The second-order valence-electron chi connectivity index (χ2n) is 6.79. The van der Waals surface area contributed by atoms with Crippen LogP contribution in [0.2, 0.25) is 0 Å². The van der Waals surface area contributed by atoms with E-state index in [-0.39, 0.29) is 10.6 Å². The molecule has 150 valence electrons. The van der Waals surface area contributed by atoms with Gasteiger partial charge in [0.1, 0.15) is 17.8 Å². The number of aromatic nitrogens is 2. The molecule has 0 atom stereocenters. The molecule has 1 saturated heterocycles. The summed E-state index contributed by atoms with van der Waals surface area (Å²) in [7, 11) is 0. The van der Waals surface area contributed by atoms with Gasteiger partial charge >= 0.3 is 0 Å². The minimum atomic E-state index is -0.329. The Morgan fingerprint density at radius 3 is 2.59 bits per heavy atom. The highest BCUT2D eigenvalue weighted by molar-refractivity contribution is 5.94. The van der Waals surface area contributed by atoms with E-state index in [1.807, 2.05) is 35.2 Å². The summed E-state index contributed by atoms with van der Waals surface area (Å²) in [4.78, 5) is 22.1. The molecule has 9 nitrogen and oxygen atoms in total. The molecule has 1 aliphatic heterocycles. The van der Waals surface area contributed by atoms with Crippen molar-refractivity contribution in [2.75, 3.05) is 54.8 Å². The Labute approximate surface area is 168 Å². The summed E-state index contributed by atoms with van der Waals surface area (Å²) >= 11 is 0. The maximum absolute atomic E-state index is 11.7. The first-order chi connectivity index (χ1) is 14.2. The second-order valence-corrected chi connectivity index (χ2v) is 6.79. The molecule has 2 heterocycles. The van der Waals surface area contributed by atoms with Gasteiger partial charge in [-0.05, 0) is 18.2 Å². The third-order valence-corrected chi connectivity index (χ3v) is 4.91. The Morgan fingerprint density at radius 1 is 1.07 bits per heavy atom. The first-order valence-electron chi connectivity index (χ1n) is 9.64.